The minimum atomic E-state index is -0.930. The highest BCUT2D eigenvalue weighted by Crippen LogP contribution is 2.19. The van der Waals surface area contributed by atoms with Crippen LogP contribution < -0.4 is 11.1 Å². The number of nitro groups is 1. The molecule has 16 heavy (non-hydrogen) atoms. The fourth-order valence-electron chi connectivity index (χ4n) is 1.04. The molecule has 4 N–H and O–H groups in total. The average Bonchev–Trinajstić information content (AvgIpc) is 2.13. The highest BCUT2D eigenvalue weighted by molar-refractivity contribution is 5.52. The Kier molecular flexibility index (Phi) is 3.28. The van der Waals surface area contributed by atoms with Gasteiger partial charge in [0, 0.05) is 6.54 Å². The monoisotopic (exact) mass is 226 g/mol. The van der Waals surface area contributed by atoms with Gasteiger partial charge in [-0.15, -0.1) is 0 Å². The predicted octanol–water partition coefficient (Wildman–Crippen LogP) is 0.755. The number of hydrogen-bond donors (Lipinski definition) is 3. The summed E-state index contributed by atoms with van der Waals surface area (Å²) in [4.78, 5) is 13.9. The van der Waals surface area contributed by atoms with Gasteiger partial charge in [-0.2, -0.15) is 0 Å². The van der Waals surface area contributed by atoms with Crippen LogP contribution >= 0.6 is 0 Å². The number of rotatable bonds is 4. The van der Waals surface area contributed by atoms with Gasteiger partial charge in [-0.25, -0.2) is 4.98 Å². The zero-order valence-electron chi connectivity index (χ0n) is 9.10. The van der Waals surface area contributed by atoms with Gasteiger partial charge in [0.1, 0.15) is 11.6 Å². The first-order valence-corrected chi connectivity index (χ1v) is 4.66. The number of anilines is 2. The average molecular weight is 226 g/mol. The fraction of sp³-hybridized carbons (Fsp3) is 0.444. The molecule has 1 aromatic heterocycles. The van der Waals surface area contributed by atoms with E-state index in [0.717, 1.165) is 0 Å². The molecule has 0 aliphatic rings. The topological polar surface area (TPSA) is 114 Å². The van der Waals surface area contributed by atoms with Gasteiger partial charge < -0.3 is 16.2 Å². The van der Waals surface area contributed by atoms with E-state index in [9.17, 15) is 15.2 Å². The maximum atomic E-state index is 10.6. The van der Waals surface area contributed by atoms with E-state index in [1.807, 2.05) is 0 Å². The number of nitrogens with two attached hydrogens (primary N) is 1. The SMILES string of the molecule is CC(C)(O)CNc1cc([N+](=O)[O-])cc(N)n1. The van der Waals surface area contributed by atoms with Crippen molar-refractivity contribution in [2.75, 3.05) is 17.6 Å². The fourth-order valence-corrected chi connectivity index (χ4v) is 1.04. The van der Waals surface area contributed by atoms with Gasteiger partial charge in [-0.05, 0) is 13.8 Å². The van der Waals surface area contributed by atoms with Crippen molar-refractivity contribution in [1.29, 1.82) is 0 Å². The number of pyridine rings is 1. The Labute approximate surface area is 92.4 Å². The summed E-state index contributed by atoms with van der Waals surface area (Å²) < 4.78 is 0. The van der Waals surface area contributed by atoms with Crippen LogP contribution in [0.15, 0.2) is 12.1 Å². The van der Waals surface area contributed by atoms with Crippen molar-refractivity contribution in [3.63, 3.8) is 0 Å². The van der Waals surface area contributed by atoms with E-state index in [-0.39, 0.29) is 23.9 Å². The summed E-state index contributed by atoms with van der Waals surface area (Å²) in [5.41, 5.74) is 4.36. The van der Waals surface area contributed by atoms with Crippen LogP contribution in [0.2, 0.25) is 0 Å². The van der Waals surface area contributed by atoms with Gasteiger partial charge in [-0.3, -0.25) is 10.1 Å². The third-order valence-electron chi connectivity index (χ3n) is 1.74. The molecular weight excluding hydrogens is 212 g/mol. The number of nitrogens with one attached hydrogen (secondary N) is 1. The van der Waals surface area contributed by atoms with E-state index < -0.39 is 10.5 Å². The van der Waals surface area contributed by atoms with E-state index in [0.29, 0.717) is 0 Å². The van der Waals surface area contributed by atoms with E-state index in [1.165, 1.54) is 12.1 Å². The Balaban J connectivity index is 2.85. The molecule has 1 aromatic rings. The van der Waals surface area contributed by atoms with Crippen LogP contribution in [0.1, 0.15) is 13.8 Å². The number of hydrogen-bond acceptors (Lipinski definition) is 6. The molecule has 0 bridgehead atoms. The molecule has 0 aromatic carbocycles. The quantitative estimate of drug-likeness (QED) is 0.515. The van der Waals surface area contributed by atoms with Crippen LogP contribution in [0.25, 0.3) is 0 Å². The minimum absolute atomic E-state index is 0.0624. The summed E-state index contributed by atoms with van der Waals surface area (Å²) in [5.74, 6) is 0.335. The predicted molar refractivity (Wildman–Crippen MR) is 60.1 cm³/mol. The number of aliphatic hydroxyl groups is 1. The smallest absolute Gasteiger partial charge is 0.276 e. The van der Waals surface area contributed by atoms with Gasteiger partial charge in [0.25, 0.3) is 5.69 Å². The van der Waals surface area contributed by atoms with Crippen molar-refractivity contribution in [2.45, 2.75) is 19.4 Å². The van der Waals surface area contributed by atoms with Gasteiger partial charge in [-0.1, -0.05) is 0 Å². The Bertz CT molecular complexity index is 400. The van der Waals surface area contributed by atoms with Crippen molar-refractivity contribution in [3.05, 3.63) is 22.2 Å². The molecule has 0 saturated heterocycles. The molecule has 0 saturated carbocycles. The summed E-state index contributed by atoms with van der Waals surface area (Å²) in [5, 5.41) is 22.8. The van der Waals surface area contributed by atoms with Crippen LogP contribution in [0.4, 0.5) is 17.3 Å². The molecule has 7 nitrogen and oxygen atoms in total. The van der Waals surface area contributed by atoms with Gasteiger partial charge in [0.05, 0.1) is 22.7 Å². The first kappa shape index (κ1) is 12.2. The van der Waals surface area contributed by atoms with Crippen LogP contribution in [-0.2, 0) is 0 Å². The molecule has 0 amide bonds. The molecule has 0 atom stereocenters. The number of nitrogens with zero attached hydrogens (tertiary/aromatic N) is 2. The Hall–Kier alpha value is -1.89. The van der Waals surface area contributed by atoms with E-state index >= 15 is 0 Å². The third-order valence-corrected chi connectivity index (χ3v) is 1.74. The molecule has 0 unspecified atom stereocenters. The van der Waals surface area contributed by atoms with Crippen molar-refractivity contribution in [2.24, 2.45) is 0 Å². The van der Waals surface area contributed by atoms with Crippen LogP contribution in [0, 0.1) is 10.1 Å². The largest absolute Gasteiger partial charge is 0.389 e. The molecule has 7 heteroatoms. The molecule has 0 spiro atoms. The normalized spacial score (nSPS) is 11.2. The maximum Gasteiger partial charge on any atom is 0.276 e. The van der Waals surface area contributed by atoms with E-state index in [1.54, 1.807) is 13.8 Å². The standard InChI is InChI=1S/C9H14N4O3/c1-9(2,14)5-11-8-4-6(13(15)16)3-7(10)12-8/h3-4,14H,5H2,1-2H3,(H3,10,11,12). The van der Waals surface area contributed by atoms with Gasteiger partial charge in [0.2, 0.25) is 0 Å². The minimum Gasteiger partial charge on any atom is -0.389 e. The highest BCUT2D eigenvalue weighted by atomic mass is 16.6. The van der Waals surface area contributed by atoms with Crippen molar-refractivity contribution >= 4 is 17.3 Å². The molecule has 0 fully saturated rings. The lowest BCUT2D eigenvalue weighted by atomic mass is 10.1. The van der Waals surface area contributed by atoms with E-state index in [2.05, 4.69) is 10.3 Å². The second kappa shape index (κ2) is 4.31. The zero-order valence-corrected chi connectivity index (χ0v) is 9.10. The molecule has 1 heterocycles. The summed E-state index contributed by atoms with van der Waals surface area (Å²) in [7, 11) is 0. The molecule has 0 aliphatic carbocycles. The second-order valence-corrected chi connectivity index (χ2v) is 4.06. The Morgan fingerprint density at radius 2 is 2.25 bits per heavy atom. The highest BCUT2D eigenvalue weighted by Gasteiger charge is 2.14. The van der Waals surface area contributed by atoms with Crippen LogP contribution in [0.5, 0.6) is 0 Å². The summed E-state index contributed by atoms with van der Waals surface area (Å²) in [6.45, 7) is 3.45. The van der Waals surface area contributed by atoms with Gasteiger partial charge in [0.15, 0.2) is 0 Å². The van der Waals surface area contributed by atoms with Crippen molar-refractivity contribution in [3.8, 4) is 0 Å². The summed E-state index contributed by atoms with van der Waals surface area (Å²) in [6, 6.07) is 2.44. The van der Waals surface area contributed by atoms with Crippen LogP contribution in [0.3, 0.4) is 0 Å². The number of nitrogen functional groups attached to an aromatic ring is 1. The van der Waals surface area contributed by atoms with Crippen LogP contribution in [-0.4, -0.2) is 27.2 Å². The lowest BCUT2D eigenvalue weighted by molar-refractivity contribution is -0.384. The first-order valence-electron chi connectivity index (χ1n) is 4.66. The maximum absolute atomic E-state index is 10.6. The van der Waals surface area contributed by atoms with Crippen molar-refractivity contribution < 1.29 is 10.0 Å². The molecule has 0 radical (unpaired) electrons. The molecule has 0 aliphatic heterocycles. The third kappa shape index (κ3) is 3.70. The van der Waals surface area contributed by atoms with Crippen molar-refractivity contribution in [1.82, 2.24) is 4.98 Å². The zero-order chi connectivity index (χ0) is 12.3. The second-order valence-electron chi connectivity index (χ2n) is 4.06. The summed E-state index contributed by atoms with van der Waals surface area (Å²) in [6.07, 6.45) is 0. The van der Waals surface area contributed by atoms with Gasteiger partial charge >= 0.3 is 0 Å². The lowest BCUT2D eigenvalue weighted by Gasteiger charge is -2.17. The molecule has 1 rings (SSSR count). The first-order chi connectivity index (χ1) is 7.28. The molecular formula is C9H14N4O3. The Morgan fingerprint density at radius 1 is 1.62 bits per heavy atom. The molecule has 88 valence electrons. The Morgan fingerprint density at radius 3 is 2.75 bits per heavy atom. The number of aromatic nitrogens is 1. The van der Waals surface area contributed by atoms with E-state index in [4.69, 9.17) is 5.73 Å². The lowest BCUT2D eigenvalue weighted by Crippen LogP contribution is -2.29. The summed E-state index contributed by atoms with van der Waals surface area (Å²) >= 11 is 0.